The molecule has 2 N–H and O–H groups in total. The van der Waals surface area contributed by atoms with E-state index in [9.17, 15) is 13.6 Å². The van der Waals surface area contributed by atoms with Crippen LogP contribution in [0.3, 0.4) is 0 Å². The van der Waals surface area contributed by atoms with Gasteiger partial charge in [0, 0.05) is 15.7 Å². The molecule has 0 fully saturated rings. The van der Waals surface area contributed by atoms with Crippen molar-refractivity contribution in [3.8, 4) is 0 Å². The Hall–Kier alpha value is -1.95. The van der Waals surface area contributed by atoms with Crippen molar-refractivity contribution in [1.29, 1.82) is 0 Å². The van der Waals surface area contributed by atoms with E-state index in [1.807, 2.05) is 0 Å². The maximum Gasteiger partial charge on any atom is 0.338 e. The second-order valence-electron chi connectivity index (χ2n) is 4.53. The fraction of sp³-hybridized carbons (Fsp3) is 0.133. The molecule has 0 amide bonds. The van der Waals surface area contributed by atoms with Crippen LogP contribution in [0.5, 0.6) is 0 Å². The van der Waals surface area contributed by atoms with Gasteiger partial charge >= 0.3 is 5.97 Å². The van der Waals surface area contributed by atoms with E-state index in [0.29, 0.717) is 15.7 Å². The zero-order chi connectivity index (χ0) is 15.6. The van der Waals surface area contributed by atoms with Gasteiger partial charge in [0.2, 0.25) is 0 Å². The van der Waals surface area contributed by atoms with Crippen molar-refractivity contribution in [2.45, 2.75) is 13.0 Å². The molecular weight excluding hydrogens is 344 g/mol. The minimum atomic E-state index is -1.35. The van der Waals surface area contributed by atoms with E-state index in [2.05, 4.69) is 21.2 Å². The molecule has 0 radical (unpaired) electrons. The normalized spacial score (nSPS) is 12.0. The van der Waals surface area contributed by atoms with Crippen molar-refractivity contribution in [2.75, 3.05) is 5.32 Å². The number of benzene rings is 2. The molecule has 0 saturated carbocycles. The monoisotopic (exact) mass is 355 g/mol. The highest BCUT2D eigenvalue weighted by Crippen LogP contribution is 2.25. The summed E-state index contributed by atoms with van der Waals surface area (Å²) in [4.78, 5) is 10.9. The van der Waals surface area contributed by atoms with Crippen molar-refractivity contribution in [2.24, 2.45) is 0 Å². The zero-order valence-electron chi connectivity index (χ0n) is 11.0. The van der Waals surface area contributed by atoms with Gasteiger partial charge in [-0.2, -0.15) is 0 Å². The van der Waals surface area contributed by atoms with Gasteiger partial charge in [0.1, 0.15) is 11.6 Å². The summed E-state index contributed by atoms with van der Waals surface area (Å²) in [7, 11) is 0. The molecule has 0 aromatic heterocycles. The molecule has 0 aliphatic carbocycles. The lowest BCUT2D eigenvalue weighted by Crippen LogP contribution is -2.10. The number of anilines is 1. The van der Waals surface area contributed by atoms with Gasteiger partial charge in [-0.1, -0.05) is 22.0 Å². The van der Waals surface area contributed by atoms with Gasteiger partial charge in [-0.25, -0.2) is 13.6 Å². The molecule has 2 aromatic carbocycles. The molecule has 1 atom stereocenters. The molecule has 1 unspecified atom stereocenters. The third-order valence-corrected chi connectivity index (χ3v) is 3.50. The number of halogens is 3. The van der Waals surface area contributed by atoms with Crippen LogP contribution in [0.15, 0.2) is 40.9 Å². The van der Waals surface area contributed by atoms with Crippen LogP contribution in [-0.2, 0) is 0 Å². The largest absolute Gasteiger partial charge is 0.478 e. The smallest absolute Gasteiger partial charge is 0.338 e. The first-order chi connectivity index (χ1) is 9.88. The predicted octanol–water partition coefficient (Wildman–Crippen LogP) is 4.60. The van der Waals surface area contributed by atoms with Crippen LogP contribution in [0.1, 0.15) is 28.9 Å². The van der Waals surface area contributed by atoms with Crippen LogP contribution in [0.4, 0.5) is 14.5 Å². The fourth-order valence-corrected chi connectivity index (χ4v) is 2.29. The minimum absolute atomic E-state index is 0.384. The molecular formula is C15H12BrF2NO2. The number of hydrogen-bond donors (Lipinski definition) is 2. The first-order valence-electron chi connectivity index (χ1n) is 6.13. The third kappa shape index (κ3) is 3.58. The molecule has 0 heterocycles. The van der Waals surface area contributed by atoms with Crippen LogP contribution < -0.4 is 5.32 Å². The topological polar surface area (TPSA) is 49.3 Å². The molecule has 3 nitrogen and oxygen atoms in total. The lowest BCUT2D eigenvalue weighted by Gasteiger charge is -2.17. The number of hydrogen-bond acceptors (Lipinski definition) is 2. The summed E-state index contributed by atoms with van der Waals surface area (Å²) in [5, 5.41) is 11.8. The summed E-state index contributed by atoms with van der Waals surface area (Å²) in [6.45, 7) is 1.73. The van der Waals surface area contributed by atoms with Crippen molar-refractivity contribution in [3.63, 3.8) is 0 Å². The Morgan fingerprint density at radius 3 is 2.52 bits per heavy atom. The maximum absolute atomic E-state index is 13.9. The first-order valence-corrected chi connectivity index (χ1v) is 6.92. The minimum Gasteiger partial charge on any atom is -0.478 e. The van der Waals surface area contributed by atoms with Crippen molar-refractivity contribution >= 4 is 27.6 Å². The van der Waals surface area contributed by atoms with Gasteiger partial charge in [-0.3, -0.25) is 0 Å². The van der Waals surface area contributed by atoms with Crippen LogP contribution >= 0.6 is 15.9 Å². The lowest BCUT2D eigenvalue weighted by atomic mass is 10.1. The van der Waals surface area contributed by atoms with Crippen molar-refractivity contribution < 1.29 is 18.7 Å². The van der Waals surface area contributed by atoms with E-state index in [1.165, 1.54) is 18.2 Å². The SMILES string of the molecule is CC(Nc1ccc(F)c(C(=O)O)c1)c1ccc(Br)cc1F. The average Bonchev–Trinajstić information content (AvgIpc) is 2.40. The number of carboxylic acids is 1. The number of carboxylic acid groups (broad SMARTS) is 1. The molecule has 0 bridgehead atoms. The highest BCUT2D eigenvalue weighted by Gasteiger charge is 2.14. The standard InChI is InChI=1S/C15H12BrF2NO2/c1-8(11-4-2-9(16)6-14(11)18)19-10-3-5-13(17)12(7-10)15(20)21/h2-8,19H,1H3,(H,20,21). The summed E-state index contributed by atoms with van der Waals surface area (Å²) < 4.78 is 27.8. The van der Waals surface area contributed by atoms with E-state index >= 15 is 0 Å². The Labute approximate surface area is 128 Å². The molecule has 21 heavy (non-hydrogen) atoms. The van der Waals surface area contributed by atoms with Gasteiger partial charge in [-0.15, -0.1) is 0 Å². The summed E-state index contributed by atoms with van der Waals surface area (Å²) >= 11 is 3.18. The van der Waals surface area contributed by atoms with E-state index in [4.69, 9.17) is 5.11 Å². The molecule has 6 heteroatoms. The Balaban J connectivity index is 2.25. The van der Waals surface area contributed by atoms with Gasteiger partial charge in [0.05, 0.1) is 11.6 Å². The van der Waals surface area contributed by atoms with E-state index < -0.39 is 23.4 Å². The summed E-state index contributed by atoms with van der Waals surface area (Å²) in [6.07, 6.45) is 0. The summed E-state index contributed by atoms with van der Waals surface area (Å²) in [5.41, 5.74) is 0.409. The first kappa shape index (κ1) is 15.4. The maximum atomic E-state index is 13.9. The third-order valence-electron chi connectivity index (χ3n) is 3.01. The summed E-state index contributed by atoms with van der Waals surface area (Å²) in [6, 6.07) is 7.95. The number of nitrogens with one attached hydrogen (secondary N) is 1. The van der Waals surface area contributed by atoms with Gasteiger partial charge < -0.3 is 10.4 Å². The Morgan fingerprint density at radius 2 is 1.90 bits per heavy atom. The Morgan fingerprint density at radius 1 is 1.19 bits per heavy atom. The number of carbonyl (C=O) groups is 1. The quantitative estimate of drug-likeness (QED) is 0.842. The van der Waals surface area contributed by atoms with Gasteiger partial charge in [0.15, 0.2) is 0 Å². The molecule has 0 aliphatic heterocycles. The van der Waals surface area contributed by atoms with E-state index in [-0.39, 0.29) is 5.82 Å². The zero-order valence-corrected chi connectivity index (χ0v) is 12.6. The molecule has 0 aliphatic rings. The summed E-state index contributed by atoms with van der Waals surface area (Å²) in [5.74, 6) is -2.54. The van der Waals surface area contributed by atoms with Crippen LogP contribution in [-0.4, -0.2) is 11.1 Å². The van der Waals surface area contributed by atoms with Gasteiger partial charge in [0.25, 0.3) is 0 Å². The molecule has 0 spiro atoms. The lowest BCUT2D eigenvalue weighted by molar-refractivity contribution is 0.0692. The Kier molecular flexibility index (Phi) is 4.57. The molecule has 2 aromatic rings. The Bertz CT molecular complexity index is 691. The van der Waals surface area contributed by atoms with E-state index in [0.717, 1.165) is 6.07 Å². The predicted molar refractivity (Wildman–Crippen MR) is 79.5 cm³/mol. The van der Waals surface area contributed by atoms with Crippen LogP contribution in [0.2, 0.25) is 0 Å². The highest BCUT2D eigenvalue weighted by molar-refractivity contribution is 9.10. The van der Waals surface area contributed by atoms with E-state index in [1.54, 1.807) is 19.1 Å². The van der Waals surface area contributed by atoms with Crippen molar-refractivity contribution in [3.05, 3.63) is 63.6 Å². The number of rotatable bonds is 4. The molecule has 110 valence electrons. The average molecular weight is 356 g/mol. The fourth-order valence-electron chi connectivity index (χ4n) is 1.96. The van der Waals surface area contributed by atoms with Crippen LogP contribution in [0, 0.1) is 11.6 Å². The second-order valence-corrected chi connectivity index (χ2v) is 5.45. The molecule has 2 rings (SSSR count). The van der Waals surface area contributed by atoms with Crippen molar-refractivity contribution in [1.82, 2.24) is 0 Å². The van der Waals surface area contributed by atoms with Gasteiger partial charge in [-0.05, 0) is 37.3 Å². The highest BCUT2D eigenvalue weighted by atomic mass is 79.9. The molecule has 0 saturated heterocycles. The van der Waals surface area contributed by atoms with Crippen LogP contribution in [0.25, 0.3) is 0 Å². The number of aromatic carboxylic acids is 1. The second kappa shape index (κ2) is 6.22.